The van der Waals surface area contributed by atoms with E-state index in [1.165, 1.54) is 0 Å². The van der Waals surface area contributed by atoms with E-state index in [0.29, 0.717) is 31.6 Å². The minimum absolute atomic E-state index is 0.0479. The van der Waals surface area contributed by atoms with Gasteiger partial charge in [0.2, 0.25) is 11.6 Å². The highest BCUT2D eigenvalue weighted by Gasteiger charge is 2.21. The summed E-state index contributed by atoms with van der Waals surface area (Å²) in [5.41, 5.74) is 4.49. The predicted octanol–water partition coefficient (Wildman–Crippen LogP) is 2.69. The van der Waals surface area contributed by atoms with Crippen molar-refractivity contribution in [1.82, 2.24) is 24.8 Å². The summed E-state index contributed by atoms with van der Waals surface area (Å²) in [6.45, 7) is 5.22. The number of hydrogen-bond acceptors (Lipinski definition) is 6. The van der Waals surface area contributed by atoms with Gasteiger partial charge < -0.3 is 5.32 Å². The van der Waals surface area contributed by atoms with Crippen molar-refractivity contribution in [2.45, 2.75) is 32.6 Å². The van der Waals surface area contributed by atoms with E-state index in [1.54, 1.807) is 15.9 Å². The van der Waals surface area contributed by atoms with E-state index in [-0.39, 0.29) is 11.8 Å². The Labute approximate surface area is 163 Å². The Morgan fingerprint density at radius 3 is 2.79 bits per heavy atom. The summed E-state index contributed by atoms with van der Waals surface area (Å²) in [5.74, 6) is 0.334. The number of nitrogens with zero attached hydrogens (tertiary/aromatic N) is 6. The Morgan fingerprint density at radius 2 is 2.00 bits per heavy atom. The van der Waals surface area contributed by atoms with Gasteiger partial charge in [-0.1, -0.05) is 44.2 Å². The lowest BCUT2D eigenvalue weighted by Gasteiger charge is -2.24. The van der Waals surface area contributed by atoms with Crippen LogP contribution in [-0.4, -0.2) is 49.5 Å². The molecule has 0 unspecified atom stereocenters. The molecule has 0 aliphatic carbocycles. The van der Waals surface area contributed by atoms with Crippen molar-refractivity contribution in [1.29, 1.82) is 0 Å². The Kier molecular flexibility index (Phi) is 5.01. The molecule has 1 aliphatic rings. The van der Waals surface area contributed by atoms with Crippen LogP contribution in [0.1, 0.15) is 43.9 Å². The zero-order valence-corrected chi connectivity index (χ0v) is 16.0. The van der Waals surface area contributed by atoms with Crippen LogP contribution in [-0.2, 0) is 4.79 Å². The van der Waals surface area contributed by atoms with Crippen LogP contribution in [0.4, 0.5) is 5.69 Å². The summed E-state index contributed by atoms with van der Waals surface area (Å²) in [7, 11) is 0. The van der Waals surface area contributed by atoms with Crippen molar-refractivity contribution >= 4 is 23.0 Å². The first-order valence-electron chi connectivity index (χ1n) is 9.50. The molecule has 1 amide bonds. The highest BCUT2D eigenvalue weighted by Crippen LogP contribution is 2.20. The second-order valence-corrected chi connectivity index (χ2v) is 7.09. The van der Waals surface area contributed by atoms with Crippen LogP contribution in [0, 0.1) is 0 Å². The lowest BCUT2D eigenvalue weighted by molar-refractivity contribution is -0.131. The molecular weight excluding hydrogens is 354 g/mol. The van der Waals surface area contributed by atoms with E-state index in [0.717, 1.165) is 22.7 Å². The molecule has 8 heteroatoms. The van der Waals surface area contributed by atoms with Crippen molar-refractivity contribution in [2.75, 3.05) is 18.4 Å². The Bertz CT molecular complexity index is 1010. The molecule has 0 fully saturated rings. The fourth-order valence-electron chi connectivity index (χ4n) is 3.17. The van der Waals surface area contributed by atoms with Crippen LogP contribution in [0.15, 0.2) is 47.8 Å². The molecule has 3 heterocycles. The Hall–Kier alpha value is -3.29. The topological polar surface area (TPSA) is 87.8 Å². The molecule has 0 saturated heterocycles. The molecule has 4 rings (SSSR count). The van der Waals surface area contributed by atoms with E-state index in [4.69, 9.17) is 0 Å². The normalized spacial score (nSPS) is 14.6. The summed E-state index contributed by atoms with van der Waals surface area (Å²) in [4.78, 5) is 12.3. The molecule has 0 radical (unpaired) electrons. The number of amides is 1. The Morgan fingerprint density at radius 1 is 1.18 bits per heavy atom. The van der Waals surface area contributed by atoms with E-state index in [9.17, 15) is 4.79 Å². The number of hydrazone groups is 1. The number of fused-ring (bicyclic) bond motifs is 1. The third kappa shape index (κ3) is 3.71. The second-order valence-electron chi connectivity index (χ2n) is 7.09. The van der Waals surface area contributed by atoms with Crippen LogP contribution in [0.5, 0.6) is 0 Å². The molecule has 0 saturated carbocycles. The lowest BCUT2D eigenvalue weighted by Crippen LogP contribution is -2.35. The molecule has 144 valence electrons. The summed E-state index contributed by atoms with van der Waals surface area (Å²) in [5, 5.41) is 22.1. The maximum atomic E-state index is 12.3. The molecule has 1 aromatic carbocycles. The number of rotatable bonds is 6. The first-order chi connectivity index (χ1) is 13.6. The van der Waals surface area contributed by atoms with Crippen LogP contribution >= 0.6 is 0 Å². The van der Waals surface area contributed by atoms with E-state index in [1.807, 2.05) is 36.4 Å². The van der Waals surface area contributed by atoms with E-state index < -0.39 is 0 Å². The molecule has 3 aromatic rings. The highest BCUT2D eigenvalue weighted by molar-refractivity contribution is 6.04. The maximum absolute atomic E-state index is 12.3. The number of anilines is 1. The first-order valence-corrected chi connectivity index (χ1v) is 9.50. The third-order valence-electron chi connectivity index (χ3n) is 4.73. The minimum Gasteiger partial charge on any atom is -0.380 e. The number of carbonyl (C=O) groups excluding carboxylic acids is 1. The molecule has 8 nitrogen and oxygen atoms in total. The summed E-state index contributed by atoms with van der Waals surface area (Å²) in [6, 6.07) is 12.0. The second kappa shape index (κ2) is 7.75. The van der Waals surface area contributed by atoms with Crippen molar-refractivity contribution < 1.29 is 4.79 Å². The summed E-state index contributed by atoms with van der Waals surface area (Å²) in [6.07, 6.45) is 2.75. The van der Waals surface area contributed by atoms with Crippen molar-refractivity contribution in [3.8, 4) is 0 Å². The number of carbonyl (C=O) groups is 1. The van der Waals surface area contributed by atoms with Gasteiger partial charge in [0.1, 0.15) is 6.33 Å². The van der Waals surface area contributed by atoms with Gasteiger partial charge >= 0.3 is 0 Å². The van der Waals surface area contributed by atoms with Gasteiger partial charge in [-0.3, -0.25) is 4.79 Å². The van der Waals surface area contributed by atoms with Gasteiger partial charge in [0.05, 0.1) is 23.6 Å². The van der Waals surface area contributed by atoms with Crippen molar-refractivity contribution in [2.24, 2.45) is 5.10 Å². The predicted molar refractivity (Wildman–Crippen MR) is 107 cm³/mol. The fraction of sp³-hybridized carbons (Fsp3) is 0.350. The van der Waals surface area contributed by atoms with E-state index >= 15 is 0 Å². The monoisotopic (exact) mass is 377 g/mol. The largest absolute Gasteiger partial charge is 0.380 e. The number of hydrogen-bond donors (Lipinski definition) is 1. The average Bonchev–Trinajstić information content (AvgIpc) is 3.19. The summed E-state index contributed by atoms with van der Waals surface area (Å²) < 4.78 is 1.68. The molecule has 1 aliphatic heterocycles. The molecule has 0 bridgehead atoms. The standard InChI is InChI=1S/C20H23N7O/c1-14(2)17-12-18(20-23-22-13-27(20)25-17)21-10-11-26-19(28)9-8-16(24-26)15-6-4-3-5-7-15/h3-7,12-14,21H,8-11H2,1-2H3. The van der Waals surface area contributed by atoms with Gasteiger partial charge in [-0.15, -0.1) is 10.2 Å². The third-order valence-corrected chi connectivity index (χ3v) is 4.73. The average molecular weight is 377 g/mol. The molecule has 0 spiro atoms. The molecule has 2 aromatic heterocycles. The summed E-state index contributed by atoms with van der Waals surface area (Å²) >= 11 is 0. The molecule has 0 atom stereocenters. The van der Waals surface area contributed by atoms with Gasteiger partial charge in [0, 0.05) is 19.4 Å². The molecule has 28 heavy (non-hydrogen) atoms. The van der Waals surface area contributed by atoms with Gasteiger partial charge in [-0.2, -0.15) is 14.7 Å². The van der Waals surface area contributed by atoms with Crippen molar-refractivity contribution in [3.63, 3.8) is 0 Å². The number of aromatic nitrogens is 4. The zero-order chi connectivity index (χ0) is 19.5. The van der Waals surface area contributed by atoms with Crippen LogP contribution in [0.2, 0.25) is 0 Å². The van der Waals surface area contributed by atoms with Gasteiger partial charge in [0.15, 0.2) is 0 Å². The quantitative estimate of drug-likeness (QED) is 0.714. The highest BCUT2D eigenvalue weighted by atomic mass is 16.2. The van der Waals surface area contributed by atoms with Gasteiger partial charge in [-0.05, 0) is 17.5 Å². The minimum atomic E-state index is 0.0479. The van der Waals surface area contributed by atoms with E-state index in [2.05, 4.69) is 39.6 Å². The molecular formula is C20H23N7O. The number of benzene rings is 1. The lowest BCUT2D eigenvalue weighted by atomic mass is 10.0. The van der Waals surface area contributed by atoms with Gasteiger partial charge in [-0.25, -0.2) is 5.01 Å². The molecule has 1 N–H and O–H groups in total. The van der Waals surface area contributed by atoms with Gasteiger partial charge in [0.25, 0.3) is 0 Å². The van der Waals surface area contributed by atoms with Crippen LogP contribution < -0.4 is 5.32 Å². The Balaban J connectivity index is 1.48. The van der Waals surface area contributed by atoms with Crippen LogP contribution in [0.25, 0.3) is 5.65 Å². The van der Waals surface area contributed by atoms with Crippen molar-refractivity contribution in [3.05, 3.63) is 54.0 Å². The number of nitrogens with one attached hydrogen (secondary N) is 1. The maximum Gasteiger partial charge on any atom is 0.243 e. The first kappa shape index (κ1) is 18.1. The van der Waals surface area contributed by atoms with Crippen LogP contribution in [0.3, 0.4) is 0 Å². The SMILES string of the molecule is CC(C)c1cc(NCCN2N=C(c3ccccc3)CCC2=O)c2nncn2n1. The fourth-order valence-corrected chi connectivity index (χ4v) is 3.17. The smallest absolute Gasteiger partial charge is 0.243 e. The zero-order valence-electron chi connectivity index (χ0n) is 16.0.